The van der Waals surface area contributed by atoms with Crippen LogP contribution in [-0.2, 0) is 16.6 Å². The van der Waals surface area contributed by atoms with Gasteiger partial charge in [-0.2, -0.15) is 0 Å². The molecule has 3 aliphatic carbocycles. The van der Waals surface area contributed by atoms with E-state index in [2.05, 4.69) is 57.4 Å². The predicted molar refractivity (Wildman–Crippen MR) is 151 cm³/mol. The van der Waals surface area contributed by atoms with Gasteiger partial charge in [-0.15, -0.1) is 0 Å². The zero-order chi connectivity index (χ0) is 26.6. The molecule has 2 saturated heterocycles. The number of ether oxygens (including phenoxy) is 1. The molecule has 5 unspecified atom stereocenters. The number of rotatable bonds is 3. The van der Waals surface area contributed by atoms with Crippen LogP contribution in [0.1, 0.15) is 57.6 Å². The summed E-state index contributed by atoms with van der Waals surface area (Å²) in [5, 5.41) is 4.07. The lowest BCUT2D eigenvalue weighted by atomic mass is 9.44. The Balaban J connectivity index is 1.39. The number of hydrogen-bond acceptors (Lipinski definition) is 4. The number of benzene rings is 1. The van der Waals surface area contributed by atoms with E-state index in [0.29, 0.717) is 17.9 Å². The molecule has 2 saturated carbocycles. The van der Waals surface area contributed by atoms with Gasteiger partial charge in [0, 0.05) is 24.0 Å². The van der Waals surface area contributed by atoms with Crippen LogP contribution in [0.5, 0.6) is 5.75 Å². The van der Waals surface area contributed by atoms with Crippen LogP contribution >= 0.6 is 34.8 Å². The normalized spacial score (nSPS) is 36.2. The fraction of sp³-hybridized carbons (Fsp3) is 0.750. The zero-order valence-corrected chi connectivity index (χ0v) is 25.8. The van der Waals surface area contributed by atoms with Crippen molar-refractivity contribution in [2.75, 3.05) is 19.7 Å². The van der Waals surface area contributed by atoms with Crippen molar-refractivity contribution >= 4 is 49.2 Å². The molecule has 5 aliphatic rings. The lowest BCUT2D eigenvalue weighted by molar-refractivity contribution is -0.0469. The average Bonchev–Trinajstić information content (AvgIpc) is 3.23. The monoisotopic (exact) mass is 584 g/mol. The molecule has 1 aromatic carbocycles. The maximum Gasteiger partial charge on any atom is 0.410 e. The summed E-state index contributed by atoms with van der Waals surface area (Å²) in [6.45, 7) is 13.0. The van der Waals surface area contributed by atoms with Gasteiger partial charge in [-0.25, -0.2) is 4.79 Å². The highest BCUT2D eigenvalue weighted by molar-refractivity contribution is 6.74. The number of piperidine rings is 1. The van der Waals surface area contributed by atoms with E-state index in [0.717, 1.165) is 50.9 Å². The summed E-state index contributed by atoms with van der Waals surface area (Å²) in [5.74, 6) is 1.91. The van der Waals surface area contributed by atoms with E-state index < -0.39 is 12.1 Å². The van der Waals surface area contributed by atoms with Crippen molar-refractivity contribution in [3.8, 4) is 5.75 Å². The number of amides is 1. The standard InChI is InChI=1S/C28H39Cl3N2O3Si/c1-25(2,3)37(4,5)36-19-7-6-17-12-22-26-9-8-21-23(27(26,10-11-32-22)20(17)13-19)18(14-26)15-33(21)24(34)35-16-28(29,30)31/h6-7,13,18,21-23,32H,8-12,14-16H2,1-5H3/t18-,21?,22?,23?,26?,27?/m1/s1. The molecule has 1 amide bonds. The molecule has 204 valence electrons. The van der Waals surface area contributed by atoms with Gasteiger partial charge in [0.2, 0.25) is 12.1 Å². The van der Waals surface area contributed by atoms with Crippen LogP contribution in [0, 0.1) is 17.3 Å². The molecule has 0 radical (unpaired) electrons. The van der Waals surface area contributed by atoms with Crippen molar-refractivity contribution in [3.05, 3.63) is 29.3 Å². The molecule has 4 fully saturated rings. The number of nitrogens with zero attached hydrogens (tertiary/aromatic N) is 1. The van der Waals surface area contributed by atoms with Crippen molar-refractivity contribution in [2.24, 2.45) is 17.3 Å². The average molecular weight is 586 g/mol. The van der Waals surface area contributed by atoms with Crippen molar-refractivity contribution in [1.82, 2.24) is 10.2 Å². The number of likely N-dealkylation sites (tertiary alicyclic amines) is 1. The van der Waals surface area contributed by atoms with E-state index in [9.17, 15) is 4.79 Å². The van der Waals surface area contributed by atoms with E-state index >= 15 is 0 Å². The molecule has 6 rings (SSSR count). The van der Waals surface area contributed by atoms with E-state index in [4.69, 9.17) is 44.0 Å². The van der Waals surface area contributed by atoms with Gasteiger partial charge in [0.05, 0.1) is 0 Å². The molecule has 9 heteroatoms. The Hall–Kier alpha value is -0.663. The smallest absolute Gasteiger partial charge is 0.410 e. The Bertz CT molecular complexity index is 1120. The van der Waals surface area contributed by atoms with E-state index in [1.807, 2.05) is 4.90 Å². The van der Waals surface area contributed by atoms with E-state index in [1.165, 1.54) is 11.1 Å². The number of carbonyl (C=O) groups is 1. The fourth-order valence-electron chi connectivity index (χ4n) is 8.83. The lowest BCUT2D eigenvalue weighted by Crippen LogP contribution is -2.69. The minimum atomic E-state index is -1.97. The van der Waals surface area contributed by atoms with Crippen LogP contribution in [0.3, 0.4) is 0 Å². The Morgan fingerprint density at radius 3 is 2.68 bits per heavy atom. The molecule has 6 atom stereocenters. The summed E-state index contributed by atoms with van der Waals surface area (Å²) >= 11 is 17.6. The molecule has 0 aromatic heterocycles. The molecule has 5 nitrogen and oxygen atoms in total. The van der Waals surface area contributed by atoms with Gasteiger partial charge in [0.25, 0.3) is 0 Å². The summed E-state index contributed by atoms with van der Waals surface area (Å²) in [5.41, 5.74) is 3.25. The molecule has 2 heterocycles. The van der Waals surface area contributed by atoms with Crippen molar-refractivity contribution in [2.45, 2.75) is 92.3 Å². The van der Waals surface area contributed by atoms with Crippen LogP contribution in [0.2, 0.25) is 18.1 Å². The number of fused-ring (bicyclic) bond motifs is 1. The number of carbonyl (C=O) groups excluding carboxylic acids is 1. The van der Waals surface area contributed by atoms with Crippen LogP contribution < -0.4 is 9.74 Å². The first-order valence-corrected chi connectivity index (χ1v) is 17.8. The van der Waals surface area contributed by atoms with Gasteiger partial charge in [0.1, 0.15) is 12.4 Å². The molecule has 0 spiro atoms. The van der Waals surface area contributed by atoms with E-state index in [1.54, 1.807) is 0 Å². The lowest BCUT2D eigenvalue weighted by Gasteiger charge is -2.64. The molecular weight excluding hydrogens is 547 g/mol. The molecule has 1 aromatic rings. The maximum atomic E-state index is 13.2. The second-order valence-corrected chi connectivity index (χ2v) is 20.9. The Morgan fingerprint density at radius 1 is 1.22 bits per heavy atom. The number of halogens is 3. The SMILES string of the molecule is CC(C)(C)[Si](C)(C)Oc1ccc2c(c1)C13CCNC(C2)C12CCC1C3[C@@H](CN1C(=O)OCC(Cl)(Cl)Cl)C2. The van der Waals surface area contributed by atoms with Crippen LogP contribution in [0.25, 0.3) is 0 Å². The second-order valence-electron chi connectivity index (χ2n) is 13.7. The van der Waals surface area contributed by atoms with Crippen LogP contribution in [0.4, 0.5) is 4.79 Å². The fourth-order valence-corrected chi connectivity index (χ4v) is 10.0. The maximum absolute atomic E-state index is 13.2. The van der Waals surface area contributed by atoms with Gasteiger partial charge in [-0.1, -0.05) is 61.6 Å². The topological polar surface area (TPSA) is 50.8 Å². The van der Waals surface area contributed by atoms with Crippen LogP contribution in [0.15, 0.2) is 18.2 Å². The number of nitrogens with one attached hydrogen (secondary N) is 1. The summed E-state index contributed by atoms with van der Waals surface area (Å²) in [6.07, 6.45) is 5.15. The van der Waals surface area contributed by atoms with Crippen molar-refractivity contribution in [1.29, 1.82) is 0 Å². The number of hydrogen-bond donors (Lipinski definition) is 1. The van der Waals surface area contributed by atoms with Gasteiger partial charge in [-0.3, -0.25) is 0 Å². The third-order valence-electron chi connectivity index (χ3n) is 11.1. The highest BCUT2D eigenvalue weighted by atomic mass is 35.6. The molecule has 4 bridgehead atoms. The summed E-state index contributed by atoms with van der Waals surface area (Å²) in [4.78, 5) is 15.2. The minimum Gasteiger partial charge on any atom is -0.543 e. The molecular formula is C28H39Cl3N2O3Si. The highest BCUT2D eigenvalue weighted by Gasteiger charge is 2.75. The zero-order valence-electron chi connectivity index (χ0n) is 22.5. The van der Waals surface area contributed by atoms with Gasteiger partial charge in [-0.05, 0) is 97.3 Å². The summed E-state index contributed by atoms with van der Waals surface area (Å²) < 4.78 is 10.7. The predicted octanol–water partition coefficient (Wildman–Crippen LogP) is 6.83. The van der Waals surface area contributed by atoms with Crippen LogP contribution in [-0.4, -0.2) is 54.9 Å². The van der Waals surface area contributed by atoms with Gasteiger partial charge >= 0.3 is 6.09 Å². The molecule has 1 N–H and O–H groups in total. The van der Waals surface area contributed by atoms with Gasteiger partial charge < -0.3 is 19.4 Å². The first kappa shape index (κ1) is 26.6. The Labute approximate surface area is 237 Å². The summed E-state index contributed by atoms with van der Waals surface area (Å²) in [7, 11) is -1.97. The first-order chi connectivity index (χ1) is 17.2. The Morgan fingerprint density at radius 2 is 1.97 bits per heavy atom. The molecule has 2 aliphatic heterocycles. The largest absolute Gasteiger partial charge is 0.543 e. The molecule has 37 heavy (non-hydrogen) atoms. The highest BCUT2D eigenvalue weighted by Crippen LogP contribution is 2.74. The second kappa shape index (κ2) is 8.42. The third-order valence-corrected chi connectivity index (χ3v) is 15.7. The minimum absolute atomic E-state index is 0.0567. The first-order valence-electron chi connectivity index (χ1n) is 13.7. The third kappa shape index (κ3) is 3.82. The van der Waals surface area contributed by atoms with Crippen molar-refractivity contribution < 1.29 is 14.0 Å². The van der Waals surface area contributed by atoms with Crippen molar-refractivity contribution in [3.63, 3.8) is 0 Å². The number of alkyl halides is 3. The van der Waals surface area contributed by atoms with E-state index in [-0.39, 0.29) is 34.6 Å². The quantitative estimate of drug-likeness (QED) is 0.312. The Kier molecular flexibility index (Phi) is 6.04. The summed E-state index contributed by atoms with van der Waals surface area (Å²) in [6, 6.07) is 7.59. The van der Waals surface area contributed by atoms with Gasteiger partial charge in [0.15, 0.2) is 0 Å².